The molecule has 104 valence electrons. The maximum Gasteiger partial charge on any atom is 0.328 e. The van der Waals surface area contributed by atoms with Crippen LogP contribution >= 0.6 is 34.5 Å². The number of methoxy groups -OCH3 is 1. The number of hydrogen-bond acceptors (Lipinski definition) is 4. The van der Waals surface area contributed by atoms with E-state index in [1.165, 1.54) is 7.11 Å². The molecular weight excluding hydrogens is 309 g/mol. The molecule has 2 rings (SSSR count). The summed E-state index contributed by atoms with van der Waals surface area (Å²) in [6, 6.07) is -0.587. The number of hydrogen-bond donors (Lipinski definition) is 1. The van der Waals surface area contributed by atoms with Gasteiger partial charge in [-0.1, -0.05) is 23.2 Å². The molecule has 1 atom stereocenters. The Bertz CT molecular complexity index is 525. The average Bonchev–Trinajstić information content (AvgIpc) is 3.19. The van der Waals surface area contributed by atoms with Gasteiger partial charge in [0.25, 0.3) is 5.91 Å². The van der Waals surface area contributed by atoms with Gasteiger partial charge < -0.3 is 10.1 Å². The van der Waals surface area contributed by atoms with Crippen molar-refractivity contribution in [2.24, 2.45) is 5.92 Å². The topological polar surface area (TPSA) is 55.4 Å². The molecule has 0 aromatic carbocycles. The Kier molecular flexibility index (Phi) is 4.38. The summed E-state index contributed by atoms with van der Waals surface area (Å²) in [4.78, 5) is 24.2. The molecule has 1 saturated carbocycles. The van der Waals surface area contributed by atoms with Crippen LogP contribution in [0, 0.1) is 12.8 Å². The highest BCUT2D eigenvalue weighted by Crippen LogP contribution is 2.37. The Morgan fingerprint density at radius 2 is 2.05 bits per heavy atom. The lowest BCUT2D eigenvalue weighted by Gasteiger charge is -2.15. The highest BCUT2D eigenvalue weighted by Gasteiger charge is 2.38. The first-order valence-corrected chi connectivity index (χ1v) is 7.36. The predicted molar refractivity (Wildman–Crippen MR) is 75.1 cm³/mol. The summed E-state index contributed by atoms with van der Waals surface area (Å²) >= 11 is 13.0. The first kappa shape index (κ1) is 14.6. The molecule has 0 aliphatic heterocycles. The number of halogens is 2. The van der Waals surface area contributed by atoms with Crippen LogP contribution in [0.5, 0.6) is 0 Å². The van der Waals surface area contributed by atoms with Crippen LogP contribution in [0.3, 0.4) is 0 Å². The Labute approximate surface area is 125 Å². The second-order valence-electron chi connectivity index (χ2n) is 4.46. The minimum absolute atomic E-state index is 0.169. The number of amides is 1. The standard InChI is InChI=1S/C12H13Cl2NO3S/c1-5-7(13)10(14)19-9(5)11(16)15-8(6-3-4-6)12(17)18-2/h6,8H,3-4H2,1-2H3,(H,15,16). The Hall–Kier alpha value is -0.780. The number of carbonyl (C=O) groups is 2. The zero-order valence-corrected chi connectivity index (χ0v) is 12.8. The van der Waals surface area contributed by atoms with Gasteiger partial charge in [-0.2, -0.15) is 0 Å². The van der Waals surface area contributed by atoms with Crippen molar-refractivity contribution in [3.63, 3.8) is 0 Å². The smallest absolute Gasteiger partial charge is 0.328 e. The molecule has 1 aromatic heterocycles. The van der Waals surface area contributed by atoms with Crippen molar-refractivity contribution < 1.29 is 14.3 Å². The third-order valence-electron chi connectivity index (χ3n) is 3.08. The van der Waals surface area contributed by atoms with Gasteiger partial charge in [-0.05, 0) is 31.2 Å². The van der Waals surface area contributed by atoms with E-state index in [0.29, 0.717) is 19.8 Å². The third-order valence-corrected chi connectivity index (χ3v) is 5.26. The number of nitrogens with one attached hydrogen (secondary N) is 1. The summed E-state index contributed by atoms with van der Waals surface area (Å²) in [6.45, 7) is 1.73. The summed E-state index contributed by atoms with van der Waals surface area (Å²) < 4.78 is 5.09. The van der Waals surface area contributed by atoms with E-state index in [1.807, 2.05) is 0 Å². The molecule has 0 bridgehead atoms. The quantitative estimate of drug-likeness (QED) is 0.867. The molecule has 19 heavy (non-hydrogen) atoms. The zero-order chi connectivity index (χ0) is 14.2. The Balaban J connectivity index is 2.15. The maximum absolute atomic E-state index is 12.2. The molecule has 1 aromatic rings. The third kappa shape index (κ3) is 3.04. The van der Waals surface area contributed by atoms with Gasteiger partial charge in [-0.3, -0.25) is 4.79 Å². The second kappa shape index (κ2) is 5.69. The van der Waals surface area contributed by atoms with Crippen LogP contribution < -0.4 is 5.32 Å². The minimum atomic E-state index is -0.587. The van der Waals surface area contributed by atoms with Crippen LogP contribution in [0.1, 0.15) is 28.1 Å². The second-order valence-corrected chi connectivity index (χ2v) is 6.46. The predicted octanol–water partition coefficient (Wildman–Crippen LogP) is 3.04. The molecule has 4 nitrogen and oxygen atoms in total. The van der Waals surface area contributed by atoms with Crippen molar-refractivity contribution in [2.45, 2.75) is 25.8 Å². The maximum atomic E-state index is 12.2. The molecule has 1 aliphatic carbocycles. The number of carbonyl (C=O) groups excluding carboxylic acids is 2. The van der Waals surface area contributed by atoms with Gasteiger partial charge in [0.15, 0.2) is 0 Å². The molecular formula is C12H13Cl2NO3S. The summed E-state index contributed by atoms with van der Waals surface area (Å²) in [5, 5.41) is 3.09. The van der Waals surface area contributed by atoms with E-state index >= 15 is 0 Å². The molecule has 1 amide bonds. The molecule has 7 heteroatoms. The molecule has 0 radical (unpaired) electrons. The molecule has 1 unspecified atom stereocenters. The van der Waals surface area contributed by atoms with Crippen molar-refractivity contribution in [1.82, 2.24) is 5.32 Å². The number of esters is 1. The van der Waals surface area contributed by atoms with Crippen LogP contribution in [-0.2, 0) is 9.53 Å². The van der Waals surface area contributed by atoms with Crippen molar-refractivity contribution >= 4 is 46.4 Å². The highest BCUT2D eigenvalue weighted by molar-refractivity contribution is 7.19. The van der Waals surface area contributed by atoms with Crippen LogP contribution in [0.25, 0.3) is 0 Å². The van der Waals surface area contributed by atoms with Gasteiger partial charge in [-0.25, -0.2) is 4.79 Å². The van der Waals surface area contributed by atoms with Crippen LogP contribution in [0.2, 0.25) is 9.36 Å². The fourth-order valence-corrected chi connectivity index (χ4v) is 3.28. The summed E-state index contributed by atoms with van der Waals surface area (Å²) in [5.41, 5.74) is 0.633. The average molecular weight is 322 g/mol. The van der Waals surface area contributed by atoms with Crippen LogP contribution in [-0.4, -0.2) is 25.0 Å². The summed E-state index contributed by atoms with van der Waals surface area (Å²) in [7, 11) is 1.31. The van der Waals surface area contributed by atoms with Gasteiger partial charge in [0.2, 0.25) is 0 Å². The molecule has 0 spiro atoms. The largest absolute Gasteiger partial charge is 0.467 e. The van der Waals surface area contributed by atoms with Gasteiger partial charge in [0.1, 0.15) is 10.4 Å². The number of ether oxygens (including phenoxy) is 1. The van der Waals surface area contributed by atoms with Crippen LogP contribution in [0.4, 0.5) is 0 Å². The first-order chi connectivity index (χ1) is 8.95. The molecule has 1 fully saturated rings. The Morgan fingerprint density at radius 1 is 1.42 bits per heavy atom. The lowest BCUT2D eigenvalue weighted by atomic mass is 10.1. The normalized spacial score (nSPS) is 16.0. The van der Waals surface area contributed by atoms with Crippen molar-refractivity contribution in [2.75, 3.05) is 7.11 Å². The lowest BCUT2D eigenvalue weighted by Crippen LogP contribution is -2.43. The molecule has 1 aliphatic rings. The van der Waals surface area contributed by atoms with Crippen LogP contribution in [0.15, 0.2) is 0 Å². The van der Waals surface area contributed by atoms with E-state index in [1.54, 1.807) is 6.92 Å². The highest BCUT2D eigenvalue weighted by atomic mass is 35.5. The lowest BCUT2D eigenvalue weighted by molar-refractivity contribution is -0.143. The Morgan fingerprint density at radius 3 is 2.47 bits per heavy atom. The van der Waals surface area contributed by atoms with Gasteiger partial charge in [0.05, 0.1) is 17.0 Å². The summed E-state index contributed by atoms with van der Waals surface area (Å²) in [6.07, 6.45) is 1.84. The van der Waals surface area contributed by atoms with E-state index < -0.39 is 12.0 Å². The SMILES string of the molecule is COC(=O)C(NC(=O)c1sc(Cl)c(Cl)c1C)C1CC1. The van der Waals surface area contributed by atoms with E-state index in [4.69, 9.17) is 27.9 Å². The fourth-order valence-electron chi connectivity index (χ4n) is 1.81. The van der Waals surface area contributed by atoms with Crippen molar-refractivity contribution in [1.29, 1.82) is 0 Å². The first-order valence-electron chi connectivity index (χ1n) is 5.78. The van der Waals surface area contributed by atoms with Gasteiger partial charge in [-0.15, -0.1) is 11.3 Å². The molecule has 1 heterocycles. The minimum Gasteiger partial charge on any atom is -0.467 e. The number of rotatable bonds is 4. The number of thiophene rings is 1. The van der Waals surface area contributed by atoms with Crippen molar-refractivity contribution in [3.05, 3.63) is 19.8 Å². The zero-order valence-electron chi connectivity index (χ0n) is 10.5. The summed E-state index contributed by atoms with van der Waals surface area (Å²) in [5.74, 6) is -0.580. The molecule has 1 N–H and O–H groups in total. The van der Waals surface area contributed by atoms with E-state index in [2.05, 4.69) is 5.32 Å². The van der Waals surface area contributed by atoms with E-state index in [0.717, 1.165) is 24.2 Å². The molecule has 0 saturated heterocycles. The van der Waals surface area contributed by atoms with Crippen molar-refractivity contribution in [3.8, 4) is 0 Å². The van der Waals surface area contributed by atoms with Gasteiger partial charge in [0, 0.05) is 0 Å². The van der Waals surface area contributed by atoms with E-state index in [9.17, 15) is 9.59 Å². The van der Waals surface area contributed by atoms with E-state index in [-0.39, 0.29) is 11.8 Å². The fraction of sp³-hybridized carbons (Fsp3) is 0.500. The van der Waals surface area contributed by atoms with Gasteiger partial charge >= 0.3 is 5.97 Å². The monoisotopic (exact) mass is 321 g/mol.